The van der Waals surface area contributed by atoms with Gasteiger partial charge in [-0.05, 0) is 89.8 Å². The summed E-state index contributed by atoms with van der Waals surface area (Å²) in [6, 6.07) is 25.6. The van der Waals surface area contributed by atoms with E-state index in [1.165, 1.54) is 65.5 Å². The summed E-state index contributed by atoms with van der Waals surface area (Å²) in [5.74, 6) is 0.648. The minimum absolute atomic E-state index is 0.648. The summed E-state index contributed by atoms with van der Waals surface area (Å²) >= 11 is 0. The number of hydrogen-bond donors (Lipinski definition) is 0. The zero-order valence-corrected chi connectivity index (χ0v) is 18.4. The van der Waals surface area contributed by atoms with E-state index >= 15 is 0 Å². The van der Waals surface area contributed by atoms with Gasteiger partial charge in [0.15, 0.2) is 0 Å². The molecule has 0 aliphatic heterocycles. The molecule has 0 heterocycles. The molecule has 1 aliphatic rings. The molecule has 0 amide bonds. The Bertz CT molecular complexity index is 960. The van der Waals surface area contributed by atoms with Crippen LogP contribution in [0.1, 0.15) is 66.3 Å². The van der Waals surface area contributed by atoms with Crippen molar-refractivity contribution in [3.8, 4) is 11.1 Å². The lowest BCUT2D eigenvalue weighted by Crippen LogP contribution is -2.13. The topological polar surface area (TPSA) is 0 Å². The van der Waals surface area contributed by atoms with Crippen LogP contribution in [0.3, 0.4) is 0 Å². The summed E-state index contributed by atoms with van der Waals surface area (Å²) < 4.78 is 0. The van der Waals surface area contributed by atoms with Gasteiger partial charge in [0.2, 0.25) is 0 Å². The third kappa shape index (κ3) is 4.93. The Hall–Kier alpha value is -2.60. The van der Waals surface area contributed by atoms with Crippen LogP contribution in [-0.2, 0) is 25.7 Å². The quantitative estimate of drug-likeness (QED) is 0.339. The van der Waals surface area contributed by atoms with Crippen molar-refractivity contribution in [3.63, 3.8) is 0 Å². The fourth-order valence-corrected chi connectivity index (χ4v) is 4.69. The van der Waals surface area contributed by atoms with Gasteiger partial charge in [0.05, 0.1) is 0 Å². The van der Waals surface area contributed by atoms with Gasteiger partial charge in [-0.25, -0.2) is 0 Å². The lowest BCUT2D eigenvalue weighted by molar-refractivity contribution is 0.585. The van der Waals surface area contributed by atoms with E-state index < -0.39 is 0 Å². The Balaban J connectivity index is 1.44. The number of fused-ring (bicyclic) bond motifs is 1. The number of benzene rings is 3. The van der Waals surface area contributed by atoms with E-state index in [4.69, 9.17) is 0 Å². The van der Waals surface area contributed by atoms with E-state index in [-0.39, 0.29) is 0 Å². The first-order valence-electron chi connectivity index (χ1n) is 11.7. The highest BCUT2D eigenvalue weighted by molar-refractivity contribution is 5.65. The van der Waals surface area contributed by atoms with E-state index in [1.807, 2.05) is 6.08 Å². The van der Waals surface area contributed by atoms with Gasteiger partial charge in [-0.2, -0.15) is 0 Å². The first-order valence-corrected chi connectivity index (χ1v) is 11.7. The molecular formula is C30H34. The van der Waals surface area contributed by atoms with Gasteiger partial charge < -0.3 is 0 Å². The van der Waals surface area contributed by atoms with Crippen molar-refractivity contribution in [2.45, 2.75) is 64.2 Å². The fraction of sp³-hybridized carbons (Fsp3) is 0.333. The van der Waals surface area contributed by atoms with Gasteiger partial charge in [0.1, 0.15) is 0 Å². The predicted molar refractivity (Wildman–Crippen MR) is 130 cm³/mol. The Labute approximate surface area is 182 Å². The van der Waals surface area contributed by atoms with Crippen LogP contribution >= 0.6 is 0 Å². The van der Waals surface area contributed by atoms with Crippen LogP contribution in [0.2, 0.25) is 0 Å². The summed E-state index contributed by atoms with van der Waals surface area (Å²) in [6.45, 7) is 6.08. The smallest absolute Gasteiger partial charge is 0.0118 e. The summed E-state index contributed by atoms with van der Waals surface area (Å²) in [6.07, 6.45) is 11.5. The van der Waals surface area contributed by atoms with Crippen LogP contribution in [0.25, 0.3) is 11.1 Å². The second-order valence-corrected chi connectivity index (χ2v) is 8.79. The maximum atomic E-state index is 3.83. The molecule has 0 bridgehead atoms. The molecule has 0 fully saturated rings. The Morgan fingerprint density at radius 2 is 1.53 bits per heavy atom. The molecule has 1 atom stereocenters. The van der Waals surface area contributed by atoms with Crippen molar-refractivity contribution < 1.29 is 0 Å². The average molecular weight is 395 g/mol. The highest BCUT2D eigenvalue weighted by Gasteiger charge is 2.20. The standard InChI is InChI=1S/C30H34/c1-3-5-7-23-9-13-25(14-10-23)27-17-19-30-22-28(18-20-29(30)21-27)26-15-11-24(12-16-26)8-6-4-2/h3,9-16,18,20,22,27H,1,4-8,17,19,21H2,2H3. The van der Waals surface area contributed by atoms with Gasteiger partial charge in [-0.15, -0.1) is 6.58 Å². The van der Waals surface area contributed by atoms with Crippen LogP contribution in [-0.4, -0.2) is 0 Å². The van der Waals surface area contributed by atoms with E-state index in [9.17, 15) is 0 Å². The maximum absolute atomic E-state index is 3.83. The molecule has 4 rings (SSSR count). The molecule has 0 nitrogen and oxygen atoms in total. The molecule has 0 saturated heterocycles. The molecule has 0 spiro atoms. The molecule has 30 heavy (non-hydrogen) atoms. The molecule has 0 saturated carbocycles. The van der Waals surface area contributed by atoms with Gasteiger partial charge in [0.25, 0.3) is 0 Å². The van der Waals surface area contributed by atoms with Crippen LogP contribution < -0.4 is 0 Å². The van der Waals surface area contributed by atoms with Gasteiger partial charge in [-0.3, -0.25) is 0 Å². The minimum atomic E-state index is 0.648. The number of aryl methyl sites for hydroxylation is 3. The van der Waals surface area contributed by atoms with Gasteiger partial charge in [-0.1, -0.05) is 86.2 Å². The van der Waals surface area contributed by atoms with Crippen molar-refractivity contribution in [1.82, 2.24) is 0 Å². The third-order valence-electron chi connectivity index (χ3n) is 6.63. The van der Waals surface area contributed by atoms with Gasteiger partial charge in [0, 0.05) is 0 Å². The molecule has 3 aromatic rings. The zero-order valence-electron chi connectivity index (χ0n) is 18.4. The van der Waals surface area contributed by atoms with Crippen molar-refractivity contribution in [1.29, 1.82) is 0 Å². The molecule has 3 aromatic carbocycles. The Morgan fingerprint density at radius 3 is 2.27 bits per heavy atom. The SMILES string of the molecule is C=CCCc1ccc(C2CCc3cc(-c4ccc(CCCC)cc4)ccc3C2)cc1. The molecule has 0 radical (unpaired) electrons. The first kappa shape index (κ1) is 20.7. The Morgan fingerprint density at radius 1 is 0.833 bits per heavy atom. The molecular weight excluding hydrogens is 360 g/mol. The monoisotopic (exact) mass is 394 g/mol. The highest BCUT2D eigenvalue weighted by Crippen LogP contribution is 2.35. The van der Waals surface area contributed by atoms with Gasteiger partial charge >= 0.3 is 0 Å². The average Bonchev–Trinajstić information content (AvgIpc) is 2.81. The van der Waals surface area contributed by atoms with Crippen LogP contribution in [0.15, 0.2) is 79.4 Å². The number of unbranched alkanes of at least 4 members (excludes halogenated alkanes) is 1. The minimum Gasteiger partial charge on any atom is -0.103 e. The van der Waals surface area contributed by atoms with Crippen molar-refractivity contribution in [3.05, 3.63) is 107 Å². The first-order chi connectivity index (χ1) is 14.8. The highest BCUT2D eigenvalue weighted by atomic mass is 14.2. The molecule has 0 heteroatoms. The van der Waals surface area contributed by atoms with Crippen LogP contribution in [0.4, 0.5) is 0 Å². The second kappa shape index (κ2) is 9.94. The summed E-state index contributed by atoms with van der Waals surface area (Å²) in [5, 5.41) is 0. The normalized spacial score (nSPS) is 15.6. The molecule has 154 valence electrons. The maximum Gasteiger partial charge on any atom is -0.0118 e. The zero-order chi connectivity index (χ0) is 20.8. The second-order valence-electron chi connectivity index (χ2n) is 8.79. The van der Waals surface area contributed by atoms with Crippen molar-refractivity contribution in [2.75, 3.05) is 0 Å². The number of allylic oxidation sites excluding steroid dienone is 1. The van der Waals surface area contributed by atoms with E-state index in [2.05, 4.69) is 80.2 Å². The number of hydrogen-bond acceptors (Lipinski definition) is 0. The lowest BCUT2D eigenvalue weighted by Gasteiger charge is -2.26. The molecule has 1 aliphatic carbocycles. The summed E-state index contributed by atoms with van der Waals surface area (Å²) in [4.78, 5) is 0. The predicted octanol–water partition coefficient (Wildman–Crippen LogP) is 8.09. The van der Waals surface area contributed by atoms with E-state index in [1.54, 1.807) is 5.56 Å². The lowest BCUT2D eigenvalue weighted by atomic mass is 9.79. The summed E-state index contributed by atoms with van der Waals surface area (Å²) in [5.41, 5.74) is 10.1. The Kier molecular flexibility index (Phi) is 6.84. The van der Waals surface area contributed by atoms with E-state index in [0.29, 0.717) is 5.92 Å². The third-order valence-corrected chi connectivity index (χ3v) is 6.63. The van der Waals surface area contributed by atoms with Crippen LogP contribution in [0, 0.1) is 0 Å². The van der Waals surface area contributed by atoms with E-state index in [0.717, 1.165) is 19.3 Å². The molecule has 0 aromatic heterocycles. The van der Waals surface area contributed by atoms with Crippen molar-refractivity contribution in [2.24, 2.45) is 0 Å². The summed E-state index contributed by atoms with van der Waals surface area (Å²) in [7, 11) is 0. The largest absolute Gasteiger partial charge is 0.103 e. The van der Waals surface area contributed by atoms with Crippen LogP contribution in [0.5, 0.6) is 0 Å². The molecule has 1 unspecified atom stereocenters. The molecule has 0 N–H and O–H groups in total. The fourth-order valence-electron chi connectivity index (χ4n) is 4.69. The van der Waals surface area contributed by atoms with Crippen molar-refractivity contribution >= 4 is 0 Å². The number of rotatable bonds is 8.